The molecule has 0 saturated carbocycles. The van der Waals surface area contributed by atoms with Gasteiger partial charge in [-0.05, 0) is 24.1 Å². The predicted molar refractivity (Wildman–Crippen MR) is 108 cm³/mol. The quantitative estimate of drug-likeness (QED) is 0.538. The minimum Gasteiger partial charge on any atom is -0.302 e. The number of para-hydroxylation sites is 1. The lowest BCUT2D eigenvalue weighted by Crippen LogP contribution is -2.12. The van der Waals surface area contributed by atoms with E-state index in [-0.39, 0.29) is 5.91 Å². The number of amides is 1. The first kappa shape index (κ1) is 17.2. The maximum absolute atomic E-state index is 12.2. The van der Waals surface area contributed by atoms with Crippen molar-refractivity contribution in [3.05, 3.63) is 84.0 Å². The SMILES string of the molecule is O=C(CCc1cnn(-c2ccccc2)c1)Nc1nc(-c2ccccc2)cs1. The third kappa shape index (κ3) is 4.30. The number of benzene rings is 2. The van der Waals surface area contributed by atoms with Crippen molar-refractivity contribution in [2.75, 3.05) is 5.32 Å². The third-order valence-electron chi connectivity index (χ3n) is 4.12. The Bertz CT molecular complexity index is 1020. The van der Waals surface area contributed by atoms with Crippen LogP contribution < -0.4 is 5.32 Å². The van der Waals surface area contributed by atoms with Crippen LogP contribution in [0.4, 0.5) is 5.13 Å². The molecule has 27 heavy (non-hydrogen) atoms. The van der Waals surface area contributed by atoms with Gasteiger partial charge in [0.15, 0.2) is 5.13 Å². The van der Waals surface area contributed by atoms with Gasteiger partial charge in [-0.2, -0.15) is 5.10 Å². The minimum atomic E-state index is -0.0450. The van der Waals surface area contributed by atoms with Gasteiger partial charge in [-0.25, -0.2) is 9.67 Å². The fraction of sp³-hybridized carbons (Fsp3) is 0.0952. The summed E-state index contributed by atoms with van der Waals surface area (Å²) in [6.07, 6.45) is 4.78. The van der Waals surface area contributed by atoms with Crippen LogP contribution in [0.5, 0.6) is 0 Å². The van der Waals surface area contributed by atoms with Crippen molar-refractivity contribution in [3.63, 3.8) is 0 Å². The first-order valence-corrected chi connectivity index (χ1v) is 9.56. The molecule has 0 aliphatic carbocycles. The van der Waals surface area contributed by atoms with Crippen LogP contribution in [0.3, 0.4) is 0 Å². The van der Waals surface area contributed by atoms with Gasteiger partial charge < -0.3 is 5.32 Å². The zero-order chi connectivity index (χ0) is 18.5. The Morgan fingerprint density at radius 3 is 2.56 bits per heavy atom. The number of carbonyl (C=O) groups is 1. The Morgan fingerprint density at radius 2 is 1.78 bits per heavy atom. The summed E-state index contributed by atoms with van der Waals surface area (Å²) in [7, 11) is 0. The molecular weight excluding hydrogens is 356 g/mol. The molecule has 0 aliphatic rings. The lowest BCUT2D eigenvalue weighted by atomic mass is 10.2. The van der Waals surface area contributed by atoms with Gasteiger partial charge in [-0.3, -0.25) is 4.79 Å². The number of anilines is 1. The first-order chi connectivity index (χ1) is 13.3. The standard InChI is InChI=1S/C21H18N4OS/c26-20(24-21-23-19(15-27-21)17-7-3-1-4-8-17)12-11-16-13-22-25(14-16)18-9-5-2-6-10-18/h1-10,13-15H,11-12H2,(H,23,24,26). The van der Waals surface area contributed by atoms with Gasteiger partial charge in [-0.1, -0.05) is 48.5 Å². The molecule has 1 N–H and O–H groups in total. The van der Waals surface area contributed by atoms with Crippen LogP contribution in [-0.2, 0) is 11.2 Å². The number of nitrogens with one attached hydrogen (secondary N) is 1. The molecule has 1 amide bonds. The van der Waals surface area contributed by atoms with E-state index in [9.17, 15) is 4.79 Å². The van der Waals surface area contributed by atoms with Gasteiger partial charge in [0, 0.05) is 23.6 Å². The van der Waals surface area contributed by atoms with Crippen molar-refractivity contribution >= 4 is 22.4 Å². The van der Waals surface area contributed by atoms with Crippen molar-refractivity contribution in [2.45, 2.75) is 12.8 Å². The zero-order valence-electron chi connectivity index (χ0n) is 14.6. The highest BCUT2D eigenvalue weighted by molar-refractivity contribution is 7.14. The first-order valence-electron chi connectivity index (χ1n) is 8.68. The van der Waals surface area contributed by atoms with Gasteiger partial charge in [0.1, 0.15) is 0 Å². The average Bonchev–Trinajstić information content (AvgIpc) is 3.37. The number of aryl methyl sites for hydroxylation is 1. The molecule has 0 unspecified atom stereocenters. The number of carbonyl (C=O) groups excluding carboxylic acids is 1. The second-order valence-corrected chi connectivity index (χ2v) is 6.94. The van der Waals surface area contributed by atoms with Gasteiger partial charge in [-0.15, -0.1) is 11.3 Å². The van der Waals surface area contributed by atoms with Crippen LogP contribution >= 0.6 is 11.3 Å². The topological polar surface area (TPSA) is 59.8 Å². The highest BCUT2D eigenvalue weighted by atomic mass is 32.1. The molecule has 2 aromatic heterocycles. The van der Waals surface area contributed by atoms with E-state index in [0.717, 1.165) is 22.5 Å². The summed E-state index contributed by atoms with van der Waals surface area (Å²) in [6.45, 7) is 0. The van der Waals surface area contributed by atoms with E-state index in [4.69, 9.17) is 0 Å². The second-order valence-electron chi connectivity index (χ2n) is 6.08. The van der Waals surface area contributed by atoms with E-state index >= 15 is 0 Å². The van der Waals surface area contributed by atoms with Gasteiger partial charge >= 0.3 is 0 Å². The molecule has 0 spiro atoms. The lowest BCUT2D eigenvalue weighted by molar-refractivity contribution is -0.116. The second kappa shape index (κ2) is 7.97. The molecule has 0 bridgehead atoms. The van der Waals surface area contributed by atoms with Crippen LogP contribution in [0.2, 0.25) is 0 Å². The Balaban J connectivity index is 1.33. The summed E-state index contributed by atoms with van der Waals surface area (Å²) in [5.74, 6) is -0.0450. The number of aromatic nitrogens is 3. The van der Waals surface area contributed by atoms with Crippen molar-refractivity contribution in [3.8, 4) is 16.9 Å². The predicted octanol–water partition coefficient (Wildman–Crippen LogP) is 4.57. The Hall–Kier alpha value is -3.25. The maximum atomic E-state index is 12.2. The Labute approximate surface area is 161 Å². The summed E-state index contributed by atoms with van der Waals surface area (Å²) in [5, 5.41) is 9.82. The average molecular weight is 374 g/mol. The molecule has 6 heteroatoms. The molecule has 5 nitrogen and oxygen atoms in total. The number of rotatable bonds is 6. The van der Waals surface area contributed by atoms with Gasteiger partial charge in [0.05, 0.1) is 17.6 Å². The lowest BCUT2D eigenvalue weighted by Gasteiger charge is -2.01. The van der Waals surface area contributed by atoms with Crippen LogP contribution in [0, 0.1) is 0 Å². The van der Waals surface area contributed by atoms with Crippen LogP contribution in [0.15, 0.2) is 78.4 Å². The van der Waals surface area contributed by atoms with E-state index in [1.54, 1.807) is 6.20 Å². The normalized spacial score (nSPS) is 10.7. The number of hydrogen-bond donors (Lipinski definition) is 1. The van der Waals surface area contributed by atoms with E-state index < -0.39 is 0 Å². The number of hydrogen-bond acceptors (Lipinski definition) is 4. The van der Waals surface area contributed by atoms with Crippen molar-refractivity contribution in [1.29, 1.82) is 0 Å². The molecule has 4 rings (SSSR count). The minimum absolute atomic E-state index is 0.0450. The molecule has 2 heterocycles. The van der Waals surface area contributed by atoms with Crippen LogP contribution in [0.1, 0.15) is 12.0 Å². The molecular formula is C21H18N4OS. The highest BCUT2D eigenvalue weighted by Crippen LogP contribution is 2.24. The third-order valence-corrected chi connectivity index (χ3v) is 4.88. The number of nitrogens with zero attached hydrogens (tertiary/aromatic N) is 3. The van der Waals surface area contributed by atoms with E-state index in [0.29, 0.717) is 18.0 Å². The summed E-state index contributed by atoms with van der Waals surface area (Å²) < 4.78 is 1.82. The monoisotopic (exact) mass is 374 g/mol. The number of thiazole rings is 1. The molecule has 0 atom stereocenters. The summed E-state index contributed by atoms with van der Waals surface area (Å²) in [5.41, 5.74) is 3.95. The molecule has 4 aromatic rings. The van der Waals surface area contributed by atoms with Crippen LogP contribution in [-0.4, -0.2) is 20.7 Å². The zero-order valence-corrected chi connectivity index (χ0v) is 15.4. The molecule has 0 aliphatic heterocycles. The molecule has 2 aromatic carbocycles. The highest BCUT2D eigenvalue weighted by Gasteiger charge is 2.09. The van der Waals surface area contributed by atoms with Gasteiger partial charge in [0.25, 0.3) is 0 Å². The van der Waals surface area contributed by atoms with E-state index in [1.165, 1.54) is 11.3 Å². The maximum Gasteiger partial charge on any atom is 0.226 e. The van der Waals surface area contributed by atoms with Crippen molar-refractivity contribution in [1.82, 2.24) is 14.8 Å². The fourth-order valence-corrected chi connectivity index (χ4v) is 3.46. The summed E-state index contributed by atoms with van der Waals surface area (Å²) in [4.78, 5) is 16.7. The molecule has 0 fully saturated rings. The summed E-state index contributed by atoms with van der Waals surface area (Å²) in [6, 6.07) is 19.8. The molecule has 0 saturated heterocycles. The summed E-state index contributed by atoms with van der Waals surface area (Å²) >= 11 is 1.44. The van der Waals surface area contributed by atoms with Crippen LogP contribution in [0.25, 0.3) is 16.9 Å². The van der Waals surface area contributed by atoms with E-state index in [1.807, 2.05) is 76.9 Å². The van der Waals surface area contributed by atoms with Gasteiger partial charge in [0.2, 0.25) is 5.91 Å². The smallest absolute Gasteiger partial charge is 0.226 e. The molecule has 0 radical (unpaired) electrons. The van der Waals surface area contributed by atoms with Crippen molar-refractivity contribution in [2.24, 2.45) is 0 Å². The Morgan fingerprint density at radius 1 is 1.04 bits per heavy atom. The molecule has 134 valence electrons. The fourth-order valence-electron chi connectivity index (χ4n) is 2.72. The largest absolute Gasteiger partial charge is 0.302 e. The Kier molecular flexibility index (Phi) is 5.07. The van der Waals surface area contributed by atoms with Crippen molar-refractivity contribution < 1.29 is 4.79 Å². The van der Waals surface area contributed by atoms with E-state index in [2.05, 4.69) is 15.4 Å².